The van der Waals surface area contributed by atoms with Gasteiger partial charge in [0.2, 0.25) is 11.8 Å². The molecule has 1 atom stereocenters. The van der Waals surface area contributed by atoms with E-state index < -0.39 is 11.5 Å². The smallest absolute Gasteiger partial charge is 0.251 e. The van der Waals surface area contributed by atoms with Crippen LogP contribution in [-0.4, -0.2) is 42.1 Å². The zero-order valence-electron chi connectivity index (χ0n) is 24.2. The predicted molar refractivity (Wildman–Crippen MR) is 162 cm³/mol. The molecule has 216 valence electrons. The van der Waals surface area contributed by atoms with E-state index in [0.717, 1.165) is 16.7 Å². The van der Waals surface area contributed by atoms with Gasteiger partial charge in [-0.25, -0.2) is 0 Å². The molecule has 0 aromatic heterocycles. The Kier molecular flexibility index (Phi) is 11.8. The monoisotopic (exact) mass is 555 g/mol. The van der Waals surface area contributed by atoms with Crippen LogP contribution in [0.1, 0.15) is 62.4 Å². The Bertz CT molecular complexity index is 1300. The van der Waals surface area contributed by atoms with Crippen LogP contribution in [0.5, 0.6) is 0 Å². The number of Topliss-reactive ketones (excluding diaryl/α,β-unsaturated/α-hetero) is 1. The minimum atomic E-state index is -0.754. The molecule has 3 aromatic carbocycles. The molecular weight excluding hydrogens is 514 g/mol. The van der Waals surface area contributed by atoms with Crippen molar-refractivity contribution in [3.63, 3.8) is 0 Å². The van der Waals surface area contributed by atoms with Crippen LogP contribution in [0.2, 0.25) is 0 Å². The topological polar surface area (TPSA) is 104 Å². The molecule has 7 heteroatoms. The number of aryl methyl sites for hydroxylation is 1. The fourth-order valence-corrected chi connectivity index (χ4v) is 4.47. The molecule has 3 aromatic rings. The fourth-order valence-electron chi connectivity index (χ4n) is 4.47. The molecule has 0 fully saturated rings. The lowest BCUT2D eigenvalue weighted by Gasteiger charge is -2.23. The zero-order chi connectivity index (χ0) is 29.7. The van der Waals surface area contributed by atoms with Gasteiger partial charge in [-0.1, -0.05) is 72.8 Å². The van der Waals surface area contributed by atoms with Gasteiger partial charge in [0.15, 0.2) is 0 Å². The molecule has 0 heterocycles. The molecule has 41 heavy (non-hydrogen) atoms. The quantitative estimate of drug-likeness (QED) is 0.241. The van der Waals surface area contributed by atoms with Gasteiger partial charge in [0.1, 0.15) is 5.78 Å². The summed E-state index contributed by atoms with van der Waals surface area (Å²) < 4.78 is 0. The number of carbonyl (C=O) groups is 4. The molecule has 0 saturated carbocycles. The van der Waals surface area contributed by atoms with Crippen molar-refractivity contribution >= 4 is 23.5 Å². The molecule has 3 amide bonds. The molecule has 0 aliphatic carbocycles. The van der Waals surface area contributed by atoms with Crippen molar-refractivity contribution in [2.45, 2.75) is 58.4 Å². The first-order valence-electron chi connectivity index (χ1n) is 14.2. The average Bonchev–Trinajstić information content (AvgIpc) is 2.95. The third-order valence-electron chi connectivity index (χ3n) is 6.50. The van der Waals surface area contributed by atoms with E-state index in [4.69, 9.17) is 0 Å². The second-order valence-corrected chi connectivity index (χ2v) is 11.3. The third kappa shape index (κ3) is 11.4. The van der Waals surface area contributed by atoms with Gasteiger partial charge in [-0.2, -0.15) is 0 Å². The summed E-state index contributed by atoms with van der Waals surface area (Å²) in [6.45, 7) is 6.31. The highest BCUT2D eigenvalue weighted by molar-refractivity contribution is 5.95. The highest BCUT2D eigenvalue weighted by Crippen LogP contribution is 2.20. The highest BCUT2D eigenvalue weighted by Gasteiger charge is 2.26. The van der Waals surface area contributed by atoms with E-state index in [1.54, 1.807) is 6.07 Å². The molecule has 0 spiro atoms. The van der Waals surface area contributed by atoms with Gasteiger partial charge in [-0.3, -0.25) is 19.2 Å². The van der Waals surface area contributed by atoms with Crippen LogP contribution in [-0.2, 0) is 20.8 Å². The average molecular weight is 556 g/mol. The summed E-state index contributed by atoms with van der Waals surface area (Å²) in [6, 6.07) is 27.0. The lowest BCUT2D eigenvalue weighted by Crippen LogP contribution is -2.43. The number of rotatable bonds is 14. The molecule has 0 bridgehead atoms. The molecular formula is C34H41N3O4. The summed E-state index contributed by atoms with van der Waals surface area (Å²) in [5.41, 5.74) is 3.18. The normalized spacial score (nSPS) is 11.8. The number of benzene rings is 3. The Morgan fingerprint density at radius 2 is 1.37 bits per heavy atom. The third-order valence-corrected chi connectivity index (χ3v) is 6.50. The van der Waals surface area contributed by atoms with E-state index in [1.165, 1.54) is 0 Å². The zero-order valence-corrected chi connectivity index (χ0v) is 24.2. The number of hydrogen-bond donors (Lipinski definition) is 3. The van der Waals surface area contributed by atoms with Crippen molar-refractivity contribution in [3.8, 4) is 11.1 Å². The summed E-state index contributed by atoms with van der Waals surface area (Å²) >= 11 is 0. The fraction of sp³-hybridized carbons (Fsp3) is 0.353. The molecule has 0 radical (unpaired) electrons. The van der Waals surface area contributed by atoms with Crippen molar-refractivity contribution in [2.24, 2.45) is 5.92 Å². The Morgan fingerprint density at radius 1 is 0.732 bits per heavy atom. The largest absolute Gasteiger partial charge is 0.356 e. The number of amides is 3. The summed E-state index contributed by atoms with van der Waals surface area (Å²) in [6.07, 6.45) is 1.36. The van der Waals surface area contributed by atoms with Gasteiger partial charge in [-0.15, -0.1) is 0 Å². The van der Waals surface area contributed by atoms with Gasteiger partial charge in [0.25, 0.3) is 5.91 Å². The second kappa shape index (κ2) is 15.5. The van der Waals surface area contributed by atoms with Gasteiger partial charge < -0.3 is 16.0 Å². The van der Waals surface area contributed by atoms with E-state index >= 15 is 0 Å². The first-order valence-corrected chi connectivity index (χ1v) is 14.2. The number of hydrogen-bond acceptors (Lipinski definition) is 4. The maximum atomic E-state index is 13.0. The first kappa shape index (κ1) is 31.3. The van der Waals surface area contributed by atoms with E-state index in [-0.39, 0.29) is 36.3 Å². The van der Waals surface area contributed by atoms with Gasteiger partial charge in [0.05, 0.1) is 5.92 Å². The van der Waals surface area contributed by atoms with Crippen LogP contribution < -0.4 is 16.0 Å². The Balaban J connectivity index is 1.48. The lowest BCUT2D eigenvalue weighted by molar-refractivity contribution is -0.133. The molecule has 0 unspecified atom stereocenters. The Morgan fingerprint density at radius 3 is 2.05 bits per heavy atom. The van der Waals surface area contributed by atoms with Crippen molar-refractivity contribution in [2.75, 3.05) is 13.1 Å². The van der Waals surface area contributed by atoms with Crippen molar-refractivity contribution in [1.82, 2.24) is 16.0 Å². The lowest BCUT2D eigenvalue weighted by atomic mass is 9.94. The predicted octanol–water partition coefficient (Wildman–Crippen LogP) is 5.10. The number of carbonyl (C=O) groups excluding carboxylic acids is 4. The SMILES string of the molecule is CC(C)(C)NC(=O)C[C@H](CC(=O)CCc1ccccc1)C(=O)NCCCNC(=O)c1cccc(-c2ccccc2)c1. The molecule has 3 rings (SSSR count). The minimum Gasteiger partial charge on any atom is -0.356 e. The van der Waals surface area contributed by atoms with Crippen LogP contribution in [0, 0.1) is 5.92 Å². The van der Waals surface area contributed by atoms with Crippen LogP contribution in [0.4, 0.5) is 0 Å². The first-order chi connectivity index (χ1) is 19.6. The summed E-state index contributed by atoms with van der Waals surface area (Å²) in [5.74, 6) is -1.59. The maximum absolute atomic E-state index is 13.0. The van der Waals surface area contributed by atoms with Crippen LogP contribution in [0.3, 0.4) is 0 Å². The van der Waals surface area contributed by atoms with E-state index in [0.29, 0.717) is 37.9 Å². The summed E-state index contributed by atoms with van der Waals surface area (Å²) in [5, 5.41) is 8.62. The Labute approximate surface area is 243 Å². The summed E-state index contributed by atoms with van der Waals surface area (Å²) in [7, 11) is 0. The van der Waals surface area contributed by atoms with Crippen LogP contribution >= 0.6 is 0 Å². The second-order valence-electron chi connectivity index (χ2n) is 11.3. The Hall–Kier alpha value is -4.26. The van der Waals surface area contributed by atoms with Gasteiger partial charge in [0, 0.05) is 43.5 Å². The molecule has 7 nitrogen and oxygen atoms in total. The van der Waals surface area contributed by atoms with Crippen molar-refractivity contribution in [3.05, 3.63) is 96.1 Å². The van der Waals surface area contributed by atoms with E-state index in [9.17, 15) is 19.2 Å². The number of nitrogens with one attached hydrogen (secondary N) is 3. The van der Waals surface area contributed by atoms with Crippen LogP contribution in [0.15, 0.2) is 84.9 Å². The van der Waals surface area contributed by atoms with Gasteiger partial charge in [-0.05, 0) is 62.4 Å². The van der Waals surface area contributed by atoms with E-state index in [2.05, 4.69) is 16.0 Å². The van der Waals surface area contributed by atoms with Crippen molar-refractivity contribution < 1.29 is 19.2 Å². The molecule has 0 aliphatic rings. The molecule has 0 aliphatic heterocycles. The van der Waals surface area contributed by atoms with Crippen LogP contribution in [0.25, 0.3) is 11.1 Å². The molecule has 0 saturated heterocycles. The maximum Gasteiger partial charge on any atom is 0.251 e. The highest BCUT2D eigenvalue weighted by atomic mass is 16.2. The minimum absolute atomic E-state index is 0.00468. The van der Waals surface area contributed by atoms with Gasteiger partial charge >= 0.3 is 0 Å². The number of ketones is 1. The van der Waals surface area contributed by atoms with E-state index in [1.807, 2.05) is 99.6 Å². The molecule has 3 N–H and O–H groups in total. The standard InChI is InChI=1S/C34H41N3O4/c1-34(2,3)37-31(39)24-29(23-30(38)19-18-25-12-6-4-7-13-25)33(41)36-21-11-20-35-32(40)28-17-10-16-27(22-28)26-14-8-5-9-15-26/h4-10,12-17,22,29H,11,18-21,23-24H2,1-3H3,(H,35,40)(H,36,41)(H,37,39)/t29-/m0/s1. The summed E-state index contributed by atoms with van der Waals surface area (Å²) in [4.78, 5) is 51.0. The van der Waals surface area contributed by atoms with Crippen molar-refractivity contribution in [1.29, 1.82) is 0 Å².